The summed E-state index contributed by atoms with van der Waals surface area (Å²) in [7, 11) is 0. The minimum absolute atomic E-state index is 0.280. The molecule has 1 rings (SSSR count). The van der Waals surface area contributed by atoms with E-state index in [-0.39, 0.29) is 5.56 Å². The fourth-order valence-electron chi connectivity index (χ4n) is 1.66. The number of amides is 1. The molecule has 20 heavy (non-hydrogen) atoms. The number of rotatable bonds is 6. The van der Waals surface area contributed by atoms with Crippen molar-refractivity contribution in [2.24, 2.45) is 0 Å². The molecular weight excluding hydrogens is 282 g/mol. The van der Waals surface area contributed by atoms with Crippen LogP contribution in [0.2, 0.25) is 0 Å². The number of hydrogen-bond acceptors (Lipinski definition) is 7. The van der Waals surface area contributed by atoms with E-state index in [4.69, 9.17) is 0 Å². The van der Waals surface area contributed by atoms with E-state index in [0.717, 1.165) is 0 Å². The molecular formula is C12H19N3O4S. The molecule has 0 atom stereocenters. The van der Waals surface area contributed by atoms with Crippen molar-refractivity contribution in [2.75, 3.05) is 26.1 Å². The van der Waals surface area contributed by atoms with Gasteiger partial charge in [0.2, 0.25) is 0 Å². The molecule has 0 unspecified atom stereocenters. The first-order valence-corrected chi connectivity index (χ1v) is 7.20. The summed E-state index contributed by atoms with van der Waals surface area (Å²) in [5.41, 5.74) is -0.686. The molecule has 0 aliphatic heterocycles. The van der Waals surface area contributed by atoms with Gasteiger partial charge >= 0.3 is 0 Å². The van der Waals surface area contributed by atoms with E-state index in [0.29, 0.717) is 16.5 Å². The second-order valence-electron chi connectivity index (χ2n) is 4.45. The molecule has 1 heterocycles. The molecule has 0 saturated heterocycles. The Balaban J connectivity index is 3.15. The Kier molecular flexibility index (Phi) is 5.88. The van der Waals surface area contributed by atoms with Crippen LogP contribution in [0.25, 0.3) is 0 Å². The molecule has 1 aromatic rings. The first-order valence-electron chi connectivity index (χ1n) is 5.97. The number of carbonyl (C=O) groups excluding carboxylic acids is 1. The van der Waals surface area contributed by atoms with Gasteiger partial charge in [0.15, 0.2) is 0 Å². The molecule has 7 nitrogen and oxygen atoms in total. The zero-order chi connectivity index (χ0) is 15.3. The molecule has 0 saturated carbocycles. The Morgan fingerprint density at radius 1 is 1.20 bits per heavy atom. The monoisotopic (exact) mass is 301 g/mol. The third kappa shape index (κ3) is 3.45. The number of aryl methyl sites for hydroxylation is 2. The van der Waals surface area contributed by atoms with Gasteiger partial charge in [-0.2, -0.15) is 0 Å². The van der Waals surface area contributed by atoms with E-state index in [2.05, 4.69) is 15.3 Å². The largest absolute Gasteiger partial charge is 0.394 e. The van der Waals surface area contributed by atoms with Crippen molar-refractivity contribution in [1.29, 1.82) is 0 Å². The number of hydrogen-bond donors (Lipinski definition) is 4. The van der Waals surface area contributed by atoms with Gasteiger partial charge in [0.05, 0.1) is 31.1 Å². The third-order valence-electron chi connectivity index (χ3n) is 2.88. The highest BCUT2D eigenvalue weighted by atomic mass is 32.2. The lowest BCUT2D eigenvalue weighted by atomic mass is 10.0. The lowest BCUT2D eigenvalue weighted by Crippen LogP contribution is -2.57. The normalized spacial score (nSPS) is 11.5. The van der Waals surface area contributed by atoms with E-state index >= 15 is 0 Å². The Morgan fingerprint density at radius 3 is 2.20 bits per heavy atom. The third-order valence-corrected chi connectivity index (χ3v) is 3.56. The predicted molar refractivity (Wildman–Crippen MR) is 74.7 cm³/mol. The van der Waals surface area contributed by atoms with Crippen molar-refractivity contribution in [3.8, 4) is 0 Å². The molecule has 4 N–H and O–H groups in total. The zero-order valence-electron chi connectivity index (χ0n) is 11.7. The van der Waals surface area contributed by atoms with Crippen LogP contribution in [0.1, 0.15) is 21.9 Å². The van der Waals surface area contributed by atoms with Crippen LogP contribution in [0.3, 0.4) is 0 Å². The molecule has 0 radical (unpaired) electrons. The van der Waals surface area contributed by atoms with Crippen molar-refractivity contribution in [2.45, 2.75) is 24.4 Å². The maximum Gasteiger partial charge on any atom is 0.256 e. The van der Waals surface area contributed by atoms with Crippen molar-refractivity contribution < 1.29 is 20.1 Å². The molecule has 0 aliphatic carbocycles. The Labute approximate surface area is 121 Å². The van der Waals surface area contributed by atoms with Crippen LogP contribution in [-0.4, -0.2) is 62.8 Å². The molecule has 1 amide bonds. The lowest BCUT2D eigenvalue weighted by molar-refractivity contribution is 0.0373. The minimum atomic E-state index is -1.47. The summed E-state index contributed by atoms with van der Waals surface area (Å²) in [6.45, 7) is 1.68. The molecule has 1 aromatic heterocycles. The van der Waals surface area contributed by atoms with E-state index < -0.39 is 31.3 Å². The second-order valence-corrected chi connectivity index (χ2v) is 5.24. The smallest absolute Gasteiger partial charge is 0.256 e. The number of aromatic nitrogens is 2. The SMILES string of the molecule is CSc1nc(C)nc(C)c1C(=O)NC(CO)(CO)CO. The van der Waals surface area contributed by atoms with Crippen molar-refractivity contribution in [3.63, 3.8) is 0 Å². The summed E-state index contributed by atoms with van der Waals surface area (Å²) in [5.74, 6) is 0.0186. The van der Waals surface area contributed by atoms with E-state index in [9.17, 15) is 20.1 Å². The van der Waals surface area contributed by atoms with Crippen molar-refractivity contribution in [1.82, 2.24) is 15.3 Å². The van der Waals surface area contributed by atoms with Crippen LogP contribution in [0.15, 0.2) is 5.03 Å². The summed E-state index contributed by atoms with van der Waals surface area (Å²) in [6.07, 6.45) is 1.79. The van der Waals surface area contributed by atoms with E-state index in [1.807, 2.05) is 0 Å². The highest BCUT2D eigenvalue weighted by Crippen LogP contribution is 2.21. The first kappa shape index (κ1) is 16.8. The molecule has 0 bridgehead atoms. The zero-order valence-corrected chi connectivity index (χ0v) is 12.5. The van der Waals surface area contributed by atoms with Crippen LogP contribution in [-0.2, 0) is 0 Å². The van der Waals surface area contributed by atoms with Gasteiger partial charge in [0, 0.05) is 0 Å². The highest BCUT2D eigenvalue weighted by molar-refractivity contribution is 7.98. The number of thioether (sulfide) groups is 1. The Hall–Kier alpha value is -1.22. The molecule has 8 heteroatoms. The molecule has 112 valence electrons. The number of nitrogens with one attached hydrogen (secondary N) is 1. The van der Waals surface area contributed by atoms with E-state index in [1.54, 1.807) is 20.1 Å². The van der Waals surface area contributed by atoms with Crippen molar-refractivity contribution >= 4 is 17.7 Å². The van der Waals surface area contributed by atoms with Gasteiger partial charge < -0.3 is 20.6 Å². The van der Waals surface area contributed by atoms with Crippen molar-refractivity contribution in [3.05, 3.63) is 17.1 Å². The van der Waals surface area contributed by atoms with Gasteiger partial charge in [-0.3, -0.25) is 4.79 Å². The summed E-state index contributed by atoms with van der Waals surface area (Å²) in [5, 5.41) is 30.7. The van der Waals surface area contributed by atoms with Gasteiger partial charge in [-0.05, 0) is 20.1 Å². The van der Waals surface area contributed by atoms with Crippen LogP contribution >= 0.6 is 11.8 Å². The van der Waals surface area contributed by atoms with Gasteiger partial charge in [-0.25, -0.2) is 9.97 Å². The average Bonchev–Trinajstić information content (AvgIpc) is 2.43. The number of aliphatic hydroxyl groups excluding tert-OH is 3. The summed E-state index contributed by atoms with van der Waals surface area (Å²) < 4.78 is 0. The van der Waals surface area contributed by atoms with Gasteiger partial charge in [-0.1, -0.05) is 0 Å². The number of carbonyl (C=O) groups is 1. The number of aliphatic hydroxyl groups is 3. The van der Waals surface area contributed by atoms with Crippen LogP contribution in [0, 0.1) is 13.8 Å². The van der Waals surface area contributed by atoms with Crippen LogP contribution in [0.5, 0.6) is 0 Å². The lowest BCUT2D eigenvalue weighted by Gasteiger charge is -2.29. The predicted octanol–water partition coefficient (Wildman–Crippen LogP) is -0.739. The maximum atomic E-state index is 12.3. The van der Waals surface area contributed by atoms with Gasteiger partial charge in [-0.15, -0.1) is 11.8 Å². The van der Waals surface area contributed by atoms with E-state index in [1.165, 1.54) is 11.8 Å². The fourth-order valence-corrected chi connectivity index (χ4v) is 2.33. The Bertz CT molecular complexity index is 484. The van der Waals surface area contributed by atoms with Crippen LogP contribution < -0.4 is 5.32 Å². The van der Waals surface area contributed by atoms with Gasteiger partial charge in [0.25, 0.3) is 5.91 Å². The number of nitrogens with zero attached hydrogens (tertiary/aromatic N) is 2. The fraction of sp³-hybridized carbons (Fsp3) is 0.583. The molecule has 0 fully saturated rings. The second kappa shape index (κ2) is 6.98. The highest BCUT2D eigenvalue weighted by Gasteiger charge is 2.32. The molecule has 0 spiro atoms. The maximum absolute atomic E-state index is 12.3. The Morgan fingerprint density at radius 2 is 1.75 bits per heavy atom. The standard InChI is InChI=1S/C12H19N3O4S/c1-7-9(11(20-3)14-8(2)13-7)10(19)15-12(4-16,5-17)6-18/h16-18H,4-6H2,1-3H3,(H,15,19). The summed E-state index contributed by atoms with van der Waals surface area (Å²) in [4.78, 5) is 20.6. The topological polar surface area (TPSA) is 116 Å². The summed E-state index contributed by atoms with van der Waals surface area (Å²) in [6, 6.07) is 0. The summed E-state index contributed by atoms with van der Waals surface area (Å²) >= 11 is 1.30. The molecule has 0 aliphatic rings. The molecule has 0 aromatic carbocycles. The van der Waals surface area contributed by atoms with Crippen LogP contribution in [0.4, 0.5) is 0 Å². The van der Waals surface area contributed by atoms with Gasteiger partial charge in [0.1, 0.15) is 16.4 Å². The average molecular weight is 301 g/mol. The first-order chi connectivity index (χ1) is 9.42. The quantitative estimate of drug-likeness (QED) is 0.404. The minimum Gasteiger partial charge on any atom is -0.394 e.